The van der Waals surface area contributed by atoms with Crippen molar-refractivity contribution >= 4 is 34.6 Å². The molecule has 172 valence electrons. The number of nitrogens with zero attached hydrogens (tertiary/aromatic N) is 5. The van der Waals surface area contributed by atoms with Gasteiger partial charge in [-0.15, -0.1) is 0 Å². The van der Waals surface area contributed by atoms with Crippen LogP contribution in [0.2, 0.25) is 0 Å². The normalized spacial score (nSPS) is 15.2. The van der Waals surface area contributed by atoms with Crippen molar-refractivity contribution in [3.05, 3.63) is 71.1 Å². The van der Waals surface area contributed by atoms with Crippen LogP contribution in [-0.2, 0) is 41.5 Å². The third kappa shape index (κ3) is 5.29. The van der Waals surface area contributed by atoms with E-state index in [0.717, 1.165) is 47.2 Å². The molecule has 0 saturated carbocycles. The lowest BCUT2D eigenvalue weighted by Gasteiger charge is -2.27. The summed E-state index contributed by atoms with van der Waals surface area (Å²) in [6.45, 7) is 2.28. The molecule has 2 aromatic heterocycles. The average molecular weight is 558 g/mol. The molecule has 1 aliphatic carbocycles. The largest absolute Gasteiger partial charge is 0.449 e. The minimum Gasteiger partial charge on any atom is -0.449 e. The molecule has 0 spiro atoms. The number of rotatable bonds is 7. The number of halogens is 1. The van der Waals surface area contributed by atoms with Gasteiger partial charge in [-0.25, -0.2) is 19.7 Å². The molecule has 1 N–H and O–H groups in total. The molecule has 3 heterocycles. The van der Waals surface area contributed by atoms with Crippen LogP contribution in [0.5, 0.6) is 0 Å². The highest BCUT2D eigenvalue weighted by Crippen LogP contribution is 2.24. The number of alkyl halides is 1. The topological polar surface area (TPSA) is 85.2 Å². The Kier molecular flexibility index (Phi) is 6.75. The van der Waals surface area contributed by atoms with Crippen LogP contribution in [0.25, 0.3) is 0 Å². The number of aryl methyl sites for hydroxylation is 1. The van der Waals surface area contributed by atoms with Gasteiger partial charge in [-0.1, -0.05) is 46.9 Å². The lowest BCUT2D eigenvalue weighted by atomic mass is 10.1. The van der Waals surface area contributed by atoms with Crippen LogP contribution >= 0.6 is 22.6 Å². The summed E-state index contributed by atoms with van der Waals surface area (Å²) in [6.07, 6.45) is 8.89. The molecule has 1 aromatic carbocycles. The predicted octanol–water partition coefficient (Wildman–Crippen LogP) is 3.77. The van der Waals surface area contributed by atoms with E-state index in [2.05, 4.69) is 62.1 Å². The molecule has 8 nitrogen and oxygen atoms in total. The summed E-state index contributed by atoms with van der Waals surface area (Å²) in [4.78, 5) is 27.8. The minimum absolute atomic E-state index is 0.273. The third-order valence-corrected chi connectivity index (χ3v) is 6.97. The molecule has 3 aromatic rings. The molecule has 0 saturated heterocycles. The number of imidazole rings is 1. The van der Waals surface area contributed by atoms with E-state index in [1.807, 2.05) is 23.3 Å². The summed E-state index contributed by atoms with van der Waals surface area (Å²) in [7, 11) is 0. The van der Waals surface area contributed by atoms with E-state index in [-0.39, 0.29) is 6.09 Å². The van der Waals surface area contributed by atoms with Crippen molar-refractivity contribution in [2.75, 3.05) is 18.5 Å². The number of amides is 1. The van der Waals surface area contributed by atoms with Crippen LogP contribution in [0, 0.1) is 0 Å². The fourth-order valence-corrected chi connectivity index (χ4v) is 4.87. The number of carbonyl (C=O) groups is 1. The van der Waals surface area contributed by atoms with E-state index in [1.54, 1.807) is 4.90 Å². The number of fused-ring (bicyclic) bond motifs is 2. The summed E-state index contributed by atoms with van der Waals surface area (Å²) in [5.74, 6) is 0.674. The number of ether oxygens (including phenoxy) is 1. The molecule has 9 heteroatoms. The molecule has 0 fully saturated rings. The highest BCUT2D eigenvalue weighted by atomic mass is 127. The number of aromatic nitrogens is 4. The standard InChI is InChI=1S/C24H27IN6O2/c25-12-21-15-30(16-27-21)7-3-9-33-24(32)31-8-6-22-19(14-31)13-26-23(29-22)28-20-10-17-4-1-2-5-18(17)11-20/h1-2,4-5,13,15-16,20H,3,6-12,14H2,(H,26,28,29). The Labute approximate surface area is 206 Å². The number of benzene rings is 1. The molecule has 0 bridgehead atoms. The lowest BCUT2D eigenvalue weighted by Crippen LogP contribution is -2.37. The monoisotopic (exact) mass is 558 g/mol. The first-order valence-corrected chi connectivity index (χ1v) is 12.9. The quantitative estimate of drug-likeness (QED) is 0.270. The van der Waals surface area contributed by atoms with Crippen LogP contribution in [0.4, 0.5) is 10.7 Å². The number of carbonyl (C=O) groups excluding carboxylic acids is 1. The Bertz CT molecular complexity index is 1110. The molecule has 0 unspecified atom stereocenters. The molecule has 1 amide bonds. The zero-order valence-corrected chi connectivity index (χ0v) is 20.6. The van der Waals surface area contributed by atoms with Crippen LogP contribution in [0.15, 0.2) is 43.0 Å². The smallest absolute Gasteiger partial charge is 0.410 e. The second kappa shape index (κ2) is 10.1. The SMILES string of the molecule is O=C(OCCCn1cnc(CI)c1)N1CCc2nc(NC3Cc4ccccc4C3)ncc2C1. The van der Waals surface area contributed by atoms with E-state index in [1.165, 1.54) is 11.1 Å². The van der Waals surface area contributed by atoms with Crippen molar-refractivity contribution < 1.29 is 9.53 Å². The summed E-state index contributed by atoms with van der Waals surface area (Å²) < 4.78 is 8.42. The molecular formula is C24H27IN6O2. The van der Waals surface area contributed by atoms with E-state index >= 15 is 0 Å². The molecule has 1 aliphatic heterocycles. The van der Waals surface area contributed by atoms with Crippen molar-refractivity contribution in [3.8, 4) is 0 Å². The van der Waals surface area contributed by atoms with E-state index < -0.39 is 0 Å². The Balaban J connectivity index is 1.09. The second-order valence-corrected chi connectivity index (χ2v) is 9.32. The highest BCUT2D eigenvalue weighted by Gasteiger charge is 2.25. The van der Waals surface area contributed by atoms with E-state index in [4.69, 9.17) is 9.72 Å². The van der Waals surface area contributed by atoms with Crippen molar-refractivity contribution in [2.24, 2.45) is 0 Å². The molecule has 5 rings (SSSR count). The van der Waals surface area contributed by atoms with Gasteiger partial charge in [-0.3, -0.25) is 0 Å². The molecule has 2 aliphatic rings. The van der Waals surface area contributed by atoms with Gasteiger partial charge >= 0.3 is 6.09 Å². The van der Waals surface area contributed by atoms with Gasteiger partial charge in [0.1, 0.15) is 0 Å². The van der Waals surface area contributed by atoms with Gasteiger partial charge in [0.2, 0.25) is 5.95 Å². The van der Waals surface area contributed by atoms with Crippen molar-refractivity contribution in [2.45, 2.75) is 49.2 Å². The van der Waals surface area contributed by atoms with Gasteiger partial charge in [0.25, 0.3) is 0 Å². The van der Waals surface area contributed by atoms with Crippen LogP contribution < -0.4 is 5.32 Å². The minimum atomic E-state index is -0.273. The van der Waals surface area contributed by atoms with Gasteiger partial charge in [0.15, 0.2) is 0 Å². The predicted molar refractivity (Wildman–Crippen MR) is 133 cm³/mol. The molecule has 0 atom stereocenters. The maximum Gasteiger partial charge on any atom is 0.410 e. The van der Waals surface area contributed by atoms with Crippen molar-refractivity contribution in [1.29, 1.82) is 0 Å². The van der Waals surface area contributed by atoms with Gasteiger partial charge in [0, 0.05) is 47.9 Å². The highest BCUT2D eigenvalue weighted by molar-refractivity contribution is 14.1. The molecule has 0 radical (unpaired) electrons. The van der Waals surface area contributed by atoms with Crippen LogP contribution in [0.3, 0.4) is 0 Å². The molecule has 33 heavy (non-hydrogen) atoms. The fourth-order valence-electron chi connectivity index (χ4n) is 4.48. The van der Waals surface area contributed by atoms with Crippen LogP contribution in [-0.4, -0.2) is 49.7 Å². The fraction of sp³-hybridized carbons (Fsp3) is 0.417. The van der Waals surface area contributed by atoms with Gasteiger partial charge in [-0.2, -0.15) is 0 Å². The van der Waals surface area contributed by atoms with Gasteiger partial charge in [-0.05, 0) is 30.4 Å². The van der Waals surface area contributed by atoms with Crippen molar-refractivity contribution in [1.82, 2.24) is 24.4 Å². The van der Waals surface area contributed by atoms with E-state index in [0.29, 0.717) is 38.1 Å². The Morgan fingerprint density at radius 1 is 1.18 bits per heavy atom. The summed E-state index contributed by atoms with van der Waals surface area (Å²) in [5.41, 5.74) is 5.87. The first kappa shape index (κ1) is 22.1. The van der Waals surface area contributed by atoms with E-state index in [9.17, 15) is 4.79 Å². The maximum absolute atomic E-state index is 12.5. The summed E-state index contributed by atoms with van der Waals surface area (Å²) in [6, 6.07) is 8.89. The van der Waals surface area contributed by atoms with Gasteiger partial charge < -0.3 is 19.5 Å². The number of anilines is 1. The summed E-state index contributed by atoms with van der Waals surface area (Å²) >= 11 is 2.29. The summed E-state index contributed by atoms with van der Waals surface area (Å²) in [5, 5.41) is 3.49. The number of hydrogen-bond acceptors (Lipinski definition) is 6. The zero-order valence-electron chi connectivity index (χ0n) is 18.4. The second-order valence-electron chi connectivity index (χ2n) is 8.56. The first-order chi connectivity index (χ1) is 16.2. The zero-order chi connectivity index (χ0) is 22.6. The van der Waals surface area contributed by atoms with Crippen LogP contribution in [0.1, 0.15) is 34.5 Å². The molecular weight excluding hydrogens is 531 g/mol. The van der Waals surface area contributed by atoms with Gasteiger partial charge in [0.05, 0.1) is 30.9 Å². The average Bonchev–Trinajstić information content (AvgIpc) is 3.47. The number of hydrogen-bond donors (Lipinski definition) is 1. The maximum atomic E-state index is 12.5. The van der Waals surface area contributed by atoms with Crippen molar-refractivity contribution in [3.63, 3.8) is 0 Å². The Morgan fingerprint density at radius 3 is 2.76 bits per heavy atom. The first-order valence-electron chi connectivity index (χ1n) is 11.3. The number of nitrogens with one attached hydrogen (secondary N) is 1. The third-order valence-electron chi connectivity index (χ3n) is 6.19. The Hall–Kier alpha value is -2.69. The Morgan fingerprint density at radius 2 is 2.00 bits per heavy atom. The lowest BCUT2D eigenvalue weighted by molar-refractivity contribution is 0.0954.